The number of nitrogens with one attached hydrogen (secondary N) is 2. The van der Waals surface area contributed by atoms with Crippen molar-refractivity contribution in [2.45, 2.75) is 32.3 Å². The third-order valence-electron chi connectivity index (χ3n) is 3.62. The molecule has 0 atom stereocenters. The van der Waals surface area contributed by atoms with Crippen LogP contribution in [0.4, 0.5) is 0 Å². The topological polar surface area (TPSA) is 76.7 Å². The van der Waals surface area contributed by atoms with Gasteiger partial charge in [0.25, 0.3) is 5.91 Å². The van der Waals surface area contributed by atoms with Gasteiger partial charge >= 0.3 is 0 Å². The van der Waals surface area contributed by atoms with Crippen molar-refractivity contribution >= 4 is 11.8 Å². The number of benzene rings is 2. The van der Waals surface area contributed by atoms with E-state index in [0.717, 1.165) is 24.8 Å². The van der Waals surface area contributed by atoms with Gasteiger partial charge in [-0.2, -0.15) is 0 Å². The Bertz CT molecular complexity index is 662. The van der Waals surface area contributed by atoms with E-state index in [1.54, 1.807) is 24.3 Å². The highest BCUT2D eigenvalue weighted by atomic mass is 16.7. The number of amides is 2. The van der Waals surface area contributed by atoms with E-state index in [0.29, 0.717) is 25.2 Å². The number of carbonyl (C=O) groups excluding carboxylic acids is 2. The van der Waals surface area contributed by atoms with Crippen molar-refractivity contribution in [2.75, 3.05) is 6.61 Å². The molecule has 2 aromatic carbocycles. The number of hydrogen-bond acceptors (Lipinski definition) is 4. The Hall–Kier alpha value is -2.70. The number of carbonyl (C=O) groups is 2. The molecule has 26 heavy (non-hydrogen) atoms. The highest BCUT2D eigenvalue weighted by molar-refractivity contribution is 5.93. The third-order valence-corrected chi connectivity index (χ3v) is 3.62. The van der Waals surface area contributed by atoms with Crippen LogP contribution in [0.1, 0.15) is 41.6 Å². The van der Waals surface area contributed by atoms with Crippen LogP contribution < -0.4 is 11.0 Å². The van der Waals surface area contributed by atoms with Crippen LogP contribution in [0.25, 0.3) is 0 Å². The normalized spacial score (nSPS) is 10.3. The molecular formula is C20H24N2O4. The Morgan fingerprint density at radius 3 is 2.19 bits per heavy atom. The molecule has 0 fully saturated rings. The number of rotatable bonds is 11. The van der Waals surface area contributed by atoms with Gasteiger partial charge in [-0.1, -0.05) is 55.0 Å². The van der Waals surface area contributed by atoms with Crippen molar-refractivity contribution in [1.29, 1.82) is 0 Å². The number of hydroxylamine groups is 2. The standard InChI is InChI=1S/C20H24N2O4/c23-19(21-26-16-17-10-4-1-5-11-17)14-8-3-9-15-25-22-20(24)18-12-6-2-7-13-18/h1-2,4-7,10-13H,3,8-9,14-16H2,(H,21,23)(H,22,24). The zero-order chi connectivity index (χ0) is 18.5. The molecule has 2 amide bonds. The van der Waals surface area contributed by atoms with Crippen LogP contribution in [-0.4, -0.2) is 18.4 Å². The molecule has 0 spiro atoms. The molecule has 6 heteroatoms. The maximum Gasteiger partial charge on any atom is 0.274 e. The van der Waals surface area contributed by atoms with Gasteiger partial charge in [-0.3, -0.25) is 19.3 Å². The van der Waals surface area contributed by atoms with Crippen molar-refractivity contribution in [3.8, 4) is 0 Å². The average molecular weight is 356 g/mol. The quantitative estimate of drug-likeness (QED) is 0.479. The molecule has 0 aliphatic rings. The predicted octanol–water partition coefficient (Wildman–Crippen LogP) is 3.16. The summed E-state index contributed by atoms with van der Waals surface area (Å²) in [6, 6.07) is 18.5. The van der Waals surface area contributed by atoms with Gasteiger partial charge in [0.1, 0.15) is 0 Å². The maximum absolute atomic E-state index is 11.7. The van der Waals surface area contributed by atoms with E-state index in [9.17, 15) is 9.59 Å². The summed E-state index contributed by atoms with van der Waals surface area (Å²) < 4.78 is 0. The molecule has 0 heterocycles. The Morgan fingerprint density at radius 1 is 0.769 bits per heavy atom. The Balaban J connectivity index is 1.44. The van der Waals surface area contributed by atoms with Gasteiger partial charge in [-0.15, -0.1) is 0 Å². The summed E-state index contributed by atoms with van der Waals surface area (Å²) in [5, 5.41) is 0. The summed E-state index contributed by atoms with van der Waals surface area (Å²) >= 11 is 0. The molecular weight excluding hydrogens is 332 g/mol. The molecule has 2 rings (SSSR count). The predicted molar refractivity (Wildman–Crippen MR) is 97.7 cm³/mol. The van der Waals surface area contributed by atoms with Gasteiger partial charge in [0.2, 0.25) is 5.91 Å². The van der Waals surface area contributed by atoms with E-state index in [4.69, 9.17) is 9.68 Å². The van der Waals surface area contributed by atoms with Gasteiger partial charge in [0.05, 0.1) is 13.2 Å². The van der Waals surface area contributed by atoms with Crippen molar-refractivity contribution in [1.82, 2.24) is 11.0 Å². The molecule has 0 bridgehead atoms. The number of unbranched alkanes of at least 4 members (excludes halogenated alkanes) is 2. The van der Waals surface area contributed by atoms with E-state index < -0.39 is 0 Å². The van der Waals surface area contributed by atoms with E-state index in [2.05, 4.69) is 11.0 Å². The van der Waals surface area contributed by atoms with Crippen LogP contribution in [0.15, 0.2) is 60.7 Å². The third kappa shape index (κ3) is 7.92. The van der Waals surface area contributed by atoms with Crippen molar-refractivity contribution in [3.63, 3.8) is 0 Å². The van der Waals surface area contributed by atoms with Crippen LogP contribution in [0.3, 0.4) is 0 Å². The first kappa shape index (κ1) is 19.6. The summed E-state index contributed by atoms with van der Waals surface area (Å²) in [5.41, 5.74) is 6.40. The van der Waals surface area contributed by atoms with Crippen molar-refractivity contribution in [3.05, 3.63) is 71.8 Å². The smallest absolute Gasteiger partial charge is 0.273 e. The first-order valence-corrected chi connectivity index (χ1v) is 8.67. The van der Waals surface area contributed by atoms with E-state index >= 15 is 0 Å². The van der Waals surface area contributed by atoms with Gasteiger partial charge in [0.15, 0.2) is 0 Å². The van der Waals surface area contributed by atoms with Crippen LogP contribution in [0, 0.1) is 0 Å². The largest absolute Gasteiger partial charge is 0.274 e. The Labute approximate surface area is 153 Å². The highest BCUT2D eigenvalue weighted by Gasteiger charge is 2.04. The maximum atomic E-state index is 11.7. The lowest BCUT2D eigenvalue weighted by atomic mass is 10.2. The van der Waals surface area contributed by atoms with Crippen LogP contribution in [-0.2, 0) is 21.1 Å². The van der Waals surface area contributed by atoms with E-state index in [1.165, 1.54) is 0 Å². The first-order valence-electron chi connectivity index (χ1n) is 8.67. The van der Waals surface area contributed by atoms with Gasteiger partial charge in [-0.05, 0) is 30.5 Å². The zero-order valence-electron chi connectivity index (χ0n) is 14.6. The SMILES string of the molecule is O=C(CCCCCONC(=O)c1ccccc1)NOCc1ccccc1. The second-order valence-electron chi connectivity index (χ2n) is 5.76. The molecule has 0 aliphatic carbocycles. The lowest BCUT2D eigenvalue weighted by Crippen LogP contribution is -2.24. The fourth-order valence-electron chi connectivity index (χ4n) is 2.23. The Morgan fingerprint density at radius 2 is 1.46 bits per heavy atom. The minimum atomic E-state index is -0.263. The second-order valence-corrected chi connectivity index (χ2v) is 5.76. The minimum absolute atomic E-state index is 0.140. The van der Waals surface area contributed by atoms with Crippen LogP contribution in [0.2, 0.25) is 0 Å². The summed E-state index contributed by atoms with van der Waals surface area (Å²) in [6.07, 6.45) is 2.71. The molecule has 0 aliphatic heterocycles. The molecule has 2 aromatic rings. The zero-order valence-corrected chi connectivity index (χ0v) is 14.6. The summed E-state index contributed by atoms with van der Waals surface area (Å²) in [5.74, 6) is -0.403. The molecule has 0 saturated carbocycles. The molecule has 138 valence electrons. The average Bonchev–Trinajstić information content (AvgIpc) is 2.68. The van der Waals surface area contributed by atoms with Crippen molar-refractivity contribution in [2.24, 2.45) is 0 Å². The molecule has 2 N–H and O–H groups in total. The Kier molecular flexibility index (Phi) is 8.89. The molecule has 0 saturated heterocycles. The van der Waals surface area contributed by atoms with E-state index in [-0.39, 0.29) is 11.8 Å². The summed E-state index contributed by atoms with van der Waals surface area (Å²) in [7, 11) is 0. The van der Waals surface area contributed by atoms with Crippen molar-refractivity contribution < 1.29 is 19.3 Å². The lowest BCUT2D eigenvalue weighted by Gasteiger charge is -2.07. The summed E-state index contributed by atoms with van der Waals surface area (Å²) in [4.78, 5) is 33.7. The summed E-state index contributed by atoms with van der Waals surface area (Å²) in [6.45, 7) is 0.756. The molecule has 6 nitrogen and oxygen atoms in total. The molecule has 0 radical (unpaired) electrons. The van der Waals surface area contributed by atoms with E-state index in [1.807, 2.05) is 36.4 Å². The van der Waals surface area contributed by atoms with Crippen LogP contribution in [0.5, 0.6) is 0 Å². The van der Waals surface area contributed by atoms with Gasteiger partial charge < -0.3 is 0 Å². The molecule has 0 unspecified atom stereocenters. The lowest BCUT2D eigenvalue weighted by molar-refractivity contribution is -0.134. The van der Waals surface area contributed by atoms with Gasteiger partial charge in [0, 0.05) is 12.0 Å². The highest BCUT2D eigenvalue weighted by Crippen LogP contribution is 2.02. The molecule has 0 aromatic heterocycles. The first-order chi connectivity index (χ1) is 12.8. The monoisotopic (exact) mass is 356 g/mol. The fraction of sp³-hybridized carbons (Fsp3) is 0.300. The van der Waals surface area contributed by atoms with Gasteiger partial charge in [-0.25, -0.2) is 11.0 Å². The second kappa shape index (κ2) is 11.8. The minimum Gasteiger partial charge on any atom is -0.273 e. The fourth-order valence-corrected chi connectivity index (χ4v) is 2.23. The van der Waals surface area contributed by atoms with Crippen LogP contribution >= 0.6 is 0 Å². The number of hydrogen-bond donors (Lipinski definition) is 2.